The number of benzene rings is 2. The predicted molar refractivity (Wildman–Crippen MR) is 146 cm³/mol. The summed E-state index contributed by atoms with van der Waals surface area (Å²) in [7, 11) is 16.2. The highest BCUT2D eigenvalue weighted by Gasteiger charge is 2.25. The second kappa shape index (κ2) is 15.3. The Balaban J connectivity index is 0.000000361. The molecule has 208 valence electrons. The SMILES string of the molecule is CN(C)c1ccc(N=NC2N(C)C=C[NH+]2C)cc1.CN(C)c1ccc(N=NC2N(C)C=C[NH+]2C)cc1.[Cl-].[Cl-]. The van der Waals surface area contributed by atoms with Gasteiger partial charge in [0.1, 0.15) is 12.4 Å². The molecule has 0 saturated heterocycles. The van der Waals surface area contributed by atoms with Gasteiger partial charge in [-0.05, 0) is 48.5 Å². The quantitative estimate of drug-likeness (QED) is 0.353. The summed E-state index contributed by atoms with van der Waals surface area (Å²) in [5.41, 5.74) is 4.09. The molecule has 0 radical (unpaired) electrons. The van der Waals surface area contributed by atoms with Gasteiger partial charge in [-0.15, -0.1) is 20.5 Å². The lowest BCUT2D eigenvalue weighted by Gasteiger charge is -2.16. The second-order valence-electron chi connectivity index (χ2n) is 9.45. The molecule has 0 aromatic heterocycles. The first-order valence-electron chi connectivity index (χ1n) is 12.0. The molecule has 2 N–H and O–H groups in total. The van der Waals surface area contributed by atoms with Crippen molar-refractivity contribution in [3.05, 3.63) is 73.3 Å². The largest absolute Gasteiger partial charge is 1.00 e. The fraction of sp³-hybridized carbons (Fsp3) is 0.385. The maximum absolute atomic E-state index is 4.37. The van der Waals surface area contributed by atoms with E-state index in [1.807, 2.05) is 113 Å². The van der Waals surface area contributed by atoms with Gasteiger partial charge in [-0.2, -0.15) is 0 Å². The Bertz CT molecular complexity index is 973. The highest BCUT2D eigenvalue weighted by Crippen LogP contribution is 2.19. The molecule has 2 aliphatic rings. The molecule has 0 spiro atoms. The Kier molecular flexibility index (Phi) is 13.2. The number of hydrogen-bond acceptors (Lipinski definition) is 8. The molecule has 0 saturated carbocycles. The number of nitrogens with one attached hydrogen (secondary N) is 2. The van der Waals surface area contributed by atoms with Crippen LogP contribution < -0.4 is 44.4 Å². The standard InChI is InChI=1S/2C13H19N5.2ClH/c2*1-16(2)12-7-5-11(6-8-12)14-15-13-17(3)9-10-18(13)4;;/h2*5-10,13H,1-4H3;2*1H. The van der Waals surface area contributed by atoms with Gasteiger partial charge in [-0.1, -0.05) is 0 Å². The molecule has 2 aromatic rings. The molecule has 0 fully saturated rings. The molecule has 38 heavy (non-hydrogen) atoms. The van der Waals surface area contributed by atoms with Crippen molar-refractivity contribution >= 4 is 22.7 Å². The van der Waals surface area contributed by atoms with Gasteiger partial charge < -0.3 is 44.4 Å². The molecule has 10 nitrogen and oxygen atoms in total. The van der Waals surface area contributed by atoms with Crippen molar-refractivity contribution in [3.8, 4) is 0 Å². The van der Waals surface area contributed by atoms with E-state index in [1.54, 1.807) is 0 Å². The normalized spacial score (nSPS) is 21.8. The number of quaternary nitrogens is 2. The summed E-state index contributed by atoms with van der Waals surface area (Å²) in [6.45, 7) is 0. The smallest absolute Gasteiger partial charge is 0.284 e. The molecule has 4 atom stereocenters. The van der Waals surface area contributed by atoms with Crippen LogP contribution in [0.15, 0.2) is 93.8 Å². The monoisotopic (exact) mass is 562 g/mol. The number of azo groups is 2. The Labute approximate surface area is 239 Å². The molecule has 0 amide bonds. The van der Waals surface area contributed by atoms with Crippen LogP contribution in [0.2, 0.25) is 0 Å². The Morgan fingerprint density at radius 3 is 1.16 bits per heavy atom. The minimum absolute atomic E-state index is 0. The van der Waals surface area contributed by atoms with Gasteiger partial charge in [0.25, 0.3) is 12.6 Å². The lowest BCUT2D eigenvalue weighted by atomic mass is 10.3. The molecule has 0 bridgehead atoms. The number of halogens is 2. The summed E-state index contributed by atoms with van der Waals surface area (Å²) in [4.78, 5) is 10.7. The number of rotatable bonds is 6. The van der Waals surface area contributed by atoms with Crippen molar-refractivity contribution < 1.29 is 34.6 Å². The van der Waals surface area contributed by atoms with Gasteiger partial charge >= 0.3 is 0 Å². The van der Waals surface area contributed by atoms with E-state index < -0.39 is 0 Å². The second-order valence-corrected chi connectivity index (χ2v) is 9.45. The number of anilines is 2. The fourth-order valence-corrected chi connectivity index (χ4v) is 3.67. The maximum atomic E-state index is 4.37. The Morgan fingerprint density at radius 2 is 0.921 bits per heavy atom. The van der Waals surface area contributed by atoms with Gasteiger partial charge in [0, 0.05) is 53.7 Å². The lowest BCUT2D eigenvalue weighted by Crippen LogP contribution is -3.08. The van der Waals surface area contributed by atoms with E-state index in [9.17, 15) is 0 Å². The molecular weight excluding hydrogens is 523 g/mol. The van der Waals surface area contributed by atoms with Gasteiger partial charge in [-0.25, -0.2) is 0 Å². The van der Waals surface area contributed by atoms with Crippen LogP contribution in [0.5, 0.6) is 0 Å². The molecule has 2 aliphatic heterocycles. The third-order valence-electron chi connectivity index (χ3n) is 6.03. The van der Waals surface area contributed by atoms with Crippen molar-refractivity contribution in [2.24, 2.45) is 20.5 Å². The van der Waals surface area contributed by atoms with Crippen LogP contribution in [0.4, 0.5) is 22.7 Å². The van der Waals surface area contributed by atoms with Crippen LogP contribution in [0.3, 0.4) is 0 Å². The minimum atomic E-state index is 0. The van der Waals surface area contributed by atoms with Gasteiger partial charge in [0.05, 0.1) is 37.9 Å². The first kappa shape index (κ1) is 32.8. The maximum Gasteiger partial charge on any atom is 0.284 e. The molecule has 0 aliphatic carbocycles. The van der Waals surface area contributed by atoms with E-state index in [0.29, 0.717) is 0 Å². The van der Waals surface area contributed by atoms with E-state index in [0.717, 1.165) is 22.7 Å². The highest BCUT2D eigenvalue weighted by atomic mass is 35.5. The minimum Gasteiger partial charge on any atom is -1.00 e. The molecule has 2 heterocycles. The summed E-state index contributed by atoms with van der Waals surface area (Å²) >= 11 is 0. The van der Waals surface area contributed by atoms with E-state index >= 15 is 0 Å². The number of hydrogen-bond donors (Lipinski definition) is 2. The Hall–Kier alpha value is -3.18. The van der Waals surface area contributed by atoms with Crippen LogP contribution in [-0.2, 0) is 0 Å². The van der Waals surface area contributed by atoms with E-state index in [-0.39, 0.29) is 37.4 Å². The Morgan fingerprint density at radius 1 is 0.605 bits per heavy atom. The third kappa shape index (κ3) is 8.98. The summed E-state index contributed by atoms with van der Waals surface area (Å²) in [6.07, 6.45) is 8.26. The average Bonchev–Trinajstić information content (AvgIpc) is 3.36. The van der Waals surface area contributed by atoms with Gasteiger partial charge in [-0.3, -0.25) is 9.80 Å². The first-order valence-corrected chi connectivity index (χ1v) is 12.0. The lowest BCUT2D eigenvalue weighted by molar-refractivity contribution is -0.856. The predicted octanol–water partition coefficient (Wildman–Crippen LogP) is -3.89. The molecule has 4 unspecified atom stereocenters. The van der Waals surface area contributed by atoms with E-state index in [2.05, 4.69) is 56.8 Å². The summed E-state index contributed by atoms with van der Waals surface area (Å²) in [5, 5.41) is 17.3. The first-order chi connectivity index (χ1) is 17.2. The van der Waals surface area contributed by atoms with Crippen molar-refractivity contribution in [1.29, 1.82) is 0 Å². The summed E-state index contributed by atoms with van der Waals surface area (Å²) in [6, 6.07) is 16.1. The molecule has 2 aromatic carbocycles. The topological polar surface area (TPSA) is 71.3 Å². The highest BCUT2D eigenvalue weighted by molar-refractivity contribution is 5.52. The van der Waals surface area contributed by atoms with E-state index in [1.165, 1.54) is 9.80 Å². The van der Waals surface area contributed by atoms with Gasteiger partial charge in [0.15, 0.2) is 0 Å². The average molecular weight is 564 g/mol. The zero-order chi connectivity index (χ0) is 26.2. The molecular formula is C26H40Cl2N10. The number of nitrogens with zero attached hydrogens (tertiary/aromatic N) is 8. The van der Waals surface area contributed by atoms with Crippen LogP contribution in [0.25, 0.3) is 0 Å². The molecule has 12 heteroatoms. The van der Waals surface area contributed by atoms with Crippen molar-refractivity contribution in [1.82, 2.24) is 9.80 Å². The van der Waals surface area contributed by atoms with Crippen molar-refractivity contribution in [2.75, 3.05) is 66.2 Å². The molecule has 4 rings (SSSR count). The summed E-state index contributed by atoms with van der Waals surface area (Å²) in [5.74, 6) is 0. The van der Waals surface area contributed by atoms with Gasteiger partial charge in [0.2, 0.25) is 0 Å². The third-order valence-corrected chi connectivity index (χ3v) is 6.03. The van der Waals surface area contributed by atoms with Crippen molar-refractivity contribution in [2.45, 2.75) is 12.6 Å². The van der Waals surface area contributed by atoms with Crippen LogP contribution in [-0.4, -0.2) is 78.8 Å². The van der Waals surface area contributed by atoms with E-state index in [4.69, 9.17) is 0 Å². The van der Waals surface area contributed by atoms with Crippen LogP contribution in [0.1, 0.15) is 0 Å². The summed E-state index contributed by atoms with van der Waals surface area (Å²) < 4.78 is 0. The zero-order valence-corrected chi connectivity index (χ0v) is 24.9. The van der Waals surface area contributed by atoms with Crippen molar-refractivity contribution in [3.63, 3.8) is 0 Å². The van der Waals surface area contributed by atoms with Crippen LogP contribution in [0, 0.1) is 0 Å². The fourth-order valence-electron chi connectivity index (χ4n) is 3.67. The zero-order valence-electron chi connectivity index (χ0n) is 23.4. The van der Waals surface area contributed by atoms with Crippen LogP contribution >= 0.6 is 0 Å².